The van der Waals surface area contributed by atoms with Gasteiger partial charge in [0.05, 0.1) is 6.54 Å². The van der Waals surface area contributed by atoms with Gasteiger partial charge in [0, 0.05) is 18.7 Å². The van der Waals surface area contributed by atoms with Crippen LogP contribution in [0, 0.1) is 6.92 Å². The number of likely N-dealkylation sites (N-methyl/N-ethyl adjacent to an activating group) is 1. The maximum absolute atomic E-state index is 12.1. The van der Waals surface area contributed by atoms with E-state index in [0.29, 0.717) is 5.56 Å². The van der Waals surface area contributed by atoms with Gasteiger partial charge in [-0.3, -0.25) is 9.59 Å². The minimum absolute atomic E-state index is 0.0747. The van der Waals surface area contributed by atoms with Crippen molar-refractivity contribution >= 4 is 11.8 Å². The summed E-state index contributed by atoms with van der Waals surface area (Å²) in [6, 6.07) is 7.45. The van der Waals surface area contributed by atoms with E-state index in [1.165, 1.54) is 4.90 Å². The molecule has 0 fully saturated rings. The molecule has 2 amide bonds. The quantitative estimate of drug-likeness (QED) is 0.879. The highest BCUT2D eigenvalue weighted by Crippen LogP contribution is 2.09. The zero-order valence-corrected chi connectivity index (χ0v) is 11.4. The van der Waals surface area contributed by atoms with Crippen LogP contribution in [0.1, 0.15) is 29.8 Å². The number of carbonyl (C=O) groups excluding carboxylic acids is 2. The fourth-order valence-corrected chi connectivity index (χ4v) is 1.67. The summed E-state index contributed by atoms with van der Waals surface area (Å²) in [6.07, 6.45) is 0. The Morgan fingerprint density at radius 3 is 2.44 bits per heavy atom. The van der Waals surface area contributed by atoms with Crippen molar-refractivity contribution in [2.45, 2.75) is 26.8 Å². The monoisotopic (exact) mass is 248 g/mol. The Kier molecular flexibility index (Phi) is 4.89. The van der Waals surface area contributed by atoms with Gasteiger partial charge in [-0.2, -0.15) is 0 Å². The SMILES string of the molecule is Cc1ccccc1C(=O)N(C)CC(=O)NC(C)C. The van der Waals surface area contributed by atoms with Crippen LogP contribution in [-0.4, -0.2) is 36.3 Å². The first-order chi connectivity index (χ1) is 8.41. The fraction of sp³-hybridized carbons (Fsp3) is 0.429. The lowest BCUT2D eigenvalue weighted by Gasteiger charge is -2.18. The summed E-state index contributed by atoms with van der Waals surface area (Å²) in [6.45, 7) is 5.74. The van der Waals surface area contributed by atoms with Crippen LogP contribution in [0.15, 0.2) is 24.3 Å². The van der Waals surface area contributed by atoms with Gasteiger partial charge >= 0.3 is 0 Å². The lowest BCUT2D eigenvalue weighted by atomic mass is 10.1. The number of amides is 2. The van der Waals surface area contributed by atoms with Gasteiger partial charge in [0.2, 0.25) is 5.91 Å². The zero-order chi connectivity index (χ0) is 13.7. The maximum Gasteiger partial charge on any atom is 0.254 e. The number of carbonyl (C=O) groups is 2. The molecule has 4 heteroatoms. The van der Waals surface area contributed by atoms with E-state index in [0.717, 1.165) is 5.56 Å². The van der Waals surface area contributed by atoms with Crippen molar-refractivity contribution in [1.29, 1.82) is 0 Å². The van der Waals surface area contributed by atoms with Crippen LogP contribution in [0.25, 0.3) is 0 Å². The minimum atomic E-state index is -0.144. The van der Waals surface area contributed by atoms with Crippen molar-refractivity contribution in [2.75, 3.05) is 13.6 Å². The molecule has 98 valence electrons. The summed E-state index contributed by atoms with van der Waals surface area (Å²) in [5, 5.41) is 2.76. The number of benzene rings is 1. The number of hydrogen-bond acceptors (Lipinski definition) is 2. The van der Waals surface area contributed by atoms with E-state index < -0.39 is 0 Å². The van der Waals surface area contributed by atoms with Crippen LogP contribution >= 0.6 is 0 Å². The second-order valence-electron chi connectivity index (χ2n) is 4.70. The van der Waals surface area contributed by atoms with Gasteiger partial charge in [-0.25, -0.2) is 0 Å². The first-order valence-corrected chi connectivity index (χ1v) is 6.02. The molecule has 1 rings (SSSR count). The molecule has 0 aliphatic carbocycles. The van der Waals surface area contributed by atoms with E-state index in [2.05, 4.69) is 5.32 Å². The third-order valence-electron chi connectivity index (χ3n) is 2.55. The summed E-state index contributed by atoms with van der Waals surface area (Å²) < 4.78 is 0. The van der Waals surface area contributed by atoms with Crippen molar-refractivity contribution in [1.82, 2.24) is 10.2 Å². The van der Waals surface area contributed by atoms with Crippen molar-refractivity contribution in [2.24, 2.45) is 0 Å². The molecular formula is C14H20N2O2. The minimum Gasteiger partial charge on any atom is -0.352 e. The lowest BCUT2D eigenvalue weighted by Crippen LogP contribution is -2.41. The fourth-order valence-electron chi connectivity index (χ4n) is 1.67. The average Bonchev–Trinajstić information content (AvgIpc) is 2.27. The van der Waals surface area contributed by atoms with Crippen LogP contribution in [0.4, 0.5) is 0 Å². The summed E-state index contributed by atoms with van der Waals surface area (Å²) in [4.78, 5) is 25.1. The molecule has 0 unspecified atom stereocenters. The molecule has 0 atom stereocenters. The normalized spacial score (nSPS) is 10.3. The molecule has 1 N–H and O–H groups in total. The summed E-state index contributed by atoms with van der Waals surface area (Å²) in [7, 11) is 1.63. The van der Waals surface area contributed by atoms with Gasteiger partial charge in [-0.15, -0.1) is 0 Å². The molecule has 0 radical (unpaired) electrons. The molecule has 1 aromatic rings. The number of aryl methyl sites for hydroxylation is 1. The molecule has 0 aliphatic heterocycles. The van der Waals surface area contributed by atoms with Gasteiger partial charge in [0.25, 0.3) is 5.91 Å². The topological polar surface area (TPSA) is 49.4 Å². The predicted octanol–water partition coefficient (Wildman–Crippen LogP) is 1.59. The Balaban J connectivity index is 2.68. The number of hydrogen-bond donors (Lipinski definition) is 1. The lowest BCUT2D eigenvalue weighted by molar-refractivity contribution is -0.122. The van der Waals surface area contributed by atoms with E-state index in [4.69, 9.17) is 0 Å². The van der Waals surface area contributed by atoms with Gasteiger partial charge in [0.15, 0.2) is 0 Å². The van der Waals surface area contributed by atoms with Crippen LogP contribution in [0.3, 0.4) is 0 Å². The average molecular weight is 248 g/mol. The molecule has 1 aromatic carbocycles. The van der Waals surface area contributed by atoms with Crippen molar-refractivity contribution in [3.63, 3.8) is 0 Å². The van der Waals surface area contributed by atoms with Crippen molar-refractivity contribution < 1.29 is 9.59 Å². The molecule has 4 nitrogen and oxygen atoms in total. The van der Waals surface area contributed by atoms with Crippen LogP contribution in [0.5, 0.6) is 0 Å². The smallest absolute Gasteiger partial charge is 0.254 e. The van der Waals surface area contributed by atoms with E-state index >= 15 is 0 Å². The first-order valence-electron chi connectivity index (χ1n) is 6.02. The molecule has 18 heavy (non-hydrogen) atoms. The van der Waals surface area contributed by atoms with E-state index in [-0.39, 0.29) is 24.4 Å². The molecule has 0 spiro atoms. The maximum atomic E-state index is 12.1. The van der Waals surface area contributed by atoms with Crippen molar-refractivity contribution in [3.8, 4) is 0 Å². The summed E-state index contributed by atoms with van der Waals surface area (Å²) in [5.74, 6) is -0.276. The Hall–Kier alpha value is -1.84. The summed E-state index contributed by atoms with van der Waals surface area (Å²) >= 11 is 0. The molecule has 0 saturated carbocycles. The Labute approximate surface area is 108 Å². The van der Waals surface area contributed by atoms with E-state index in [1.54, 1.807) is 13.1 Å². The highest BCUT2D eigenvalue weighted by Gasteiger charge is 2.16. The number of nitrogens with zero attached hydrogens (tertiary/aromatic N) is 1. The van der Waals surface area contributed by atoms with Crippen molar-refractivity contribution in [3.05, 3.63) is 35.4 Å². The molecule has 0 heterocycles. The van der Waals surface area contributed by atoms with E-state index in [1.807, 2.05) is 39.0 Å². The molecule has 0 aromatic heterocycles. The predicted molar refractivity (Wildman–Crippen MR) is 71.4 cm³/mol. The second-order valence-corrected chi connectivity index (χ2v) is 4.70. The third-order valence-corrected chi connectivity index (χ3v) is 2.55. The Morgan fingerprint density at radius 1 is 1.28 bits per heavy atom. The van der Waals surface area contributed by atoms with Crippen LogP contribution < -0.4 is 5.32 Å². The molecule has 0 bridgehead atoms. The highest BCUT2D eigenvalue weighted by atomic mass is 16.2. The standard InChI is InChI=1S/C14H20N2O2/c1-10(2)15-13(17)9-16(4)14(18)12-8-6-5-7-11(12)3/h5-8,10H,9H2,1-4H3,(H,15,17). The summed E-state index contributed by atoms with van der Waals surface area (Å²) in [5.41, 5.74) is 1.55. The third kappa shape index (κ3) is 3.87. The van der Waals surface area contributed by atoms with Crippen LogP contribution in [-0.2, 0) is 4.79 Å². The number of rotatable bonds is 4. The number of nitrogens with one attached hydrogen (secondary N) is 1. The Morgan fingerprint density at radius 2 is 1.89 bits per heavy atom. The highest BCUT2D eigenvalue weighted by molar-refractivity contribution is 5.97. The van der Waals surface area contributed by atoms with Gasteiger partial charge in [-0.1, -0.05) is 18.2 Å². The Bertz CT molecular complexity index is 441. The first kappa shape index (κ1) is 14.2. The molecular weight excluding hydrogens is 228 g/mol. The van der Waals surface area contributed by atoms with Crippen LogP contribution in [0.2, 0.25) is 0 Å². The zero-order valence-electron chi connectivity index (χ0n) is 11.4. The van der Waals surface area contributed by atoms with Gasteiger partial charge in [-0.05, 0) is 32.4 Å². The molecule has 0 aliphatic rings. The largest absolute Gasteiger partial charge is 0.352 e. The van der Waals surface area contributed by atoms with E-state index in [9.17, 15) is 9.59 Å². The second kappa shape index (κ2) is 6.19. The van der Waals surface area contributed by atoms with Gasteiger partial charge in [0.1, 0.15) is 0 Å². The van der Waals surface area contributed by atoms with Gasteiger partial charge < -0.3 is 10.2 Å². The molecule has 0 saturated heterocycles.